The van der Waals surface area contributed by atoms with Gasteiger partial charge in [-0.05, 0) is 25.0 Å². The van der Waals surface area contributed by atoms with Crippen LogP contribution in [0.3, 0.4) is 0 Å². The molecule has 0 unspecified atom stereocenters. The fourth-order valence-corrected chi connectivity index (χ4v) is 2.69. The van der Waals surface area contributed by atoms with Crippen LogP contribution >= 0.6 is 0 Å². The lowest BCUT2D eigenvalue weighted by Crippen LogP contribution is -2.39. The third-order valence-electron chi connectivity index (χ3n) is 3.51. The highest BCUT2D eigenvalue weighted by atomic mass is 32.2. The smallest absolute Gasteiger partial charge is 0.150 e. The molecule has 7 heteroatoms. The number of hydrogen-bond acceptors (Lipinski definition) is 5. The molecule has 0 aliphatic carbocycles. The second-order valence-electron chi connectivity index (χ2n) is 5.41. The summed E-state index contributed by atoms with van der Waals surface area (Å²) in [7, 11) is -3.08. The van der Waals surface area contributed by atoms with E-state index in [9.17, 15) is 12.8 Å². The van der Waals surface area contributed by atoms with Crippen LogP contribution in [0.2, 0.25) is 0 Å². The lowest BCUT2D eigenvalue weighted by Gasteiger charge is -2.33. The van der Waals surface area contributed by atoms with Gasteiger partial charge in [0, 0.05) is 31.5 Å². The molecule has 21 heavy (non-hydrogen) atoms. The molecule has 5 nitrogen and oxygen atoms in total. The molecule has 0 amide bonds. The van der Waals surface area contributed by atoms with Crippen LogP contribution in [0.5, 0.6) is 5.75 Å². The molecule has 0 spiro atoms. The zero-order valence-corrected chi connectivity index (χ0v) is 12.9. The summed E-state index contributed by atoms with van der Waals surface area (Å²) in [6, 6.07) is 4.47. The number of sulfone groups is 1. The minimum atomic E-state index is -3.08. The molecule has 1 aliphatic rings. The fraction of sp³-hybridized carbons (Fsp3) is 0.571. The van der Waals surface area contributed by atoms with Crippen molar-refractivity contribution in [1.29, 1.82) is 0 Å². The average molecular weight is 316 g/mol. The van der Waals surface area contributed by atoms with Crippen molar-refractivity contribution < 1.29 is 17.5 Å². The maximum atomic E-state index is 13.5. The lowest BCUT2D eigenvalue weighted by atomic mass is 10.1. The van der Waals surface area contributed by atoms with Gasteiger partial charge in [0.15, 0.2) is 9.84 Å². The van der Waals surface area contributed by atoms with Crippen LogP contribution in [0, 0.1) is 5.82 Å². The monoisotopic (exact) mass is 316 g/mol. The highest BCUT2D eigenvalue weighted by Gasteiger charge is 2.20. The van der Waals surface area contributed by atoms with E-state index in [0.717, 1.165) is 32.2 Å². The average Bonchev–Trinajstić information content (AvgIpc) is 2.40. The van der Waals surface area contributed by atoms with Gasteiger partial charge in [-0.15, -0.1) is 0 Å². The van der Waals surface area contributed by atoms with Crippen LogP contribution in [0.4, 0.5) is 10.1 Å². The molecule has 1 aromatic rings. The van der Waals surface area contributed by atoms with E-state index < -0.39 is 9.84 Å². The molecule has 0 atom stereocenters. The zero-order valence-electron chi connectivity index (χ0n) is 12.1. The van der Waals surface area contributed by atoms with Gasteiger partial charge in [0.2, 0.25) is 0 Å². The number of halogens is 1. The first-order valence-corrected chi connectivity index (χ1v) is 9.02. The van der Waals surface area contributed by atoms with Crippen molar-refractivity contribution >= 4 is 15.5 Å². The number of nitrogens with zero attached hydrogens (tertiary/aromatic N) is 1. The highest BCUT2D eigenvalue weighted by Crippen LogP contribution is 2.31. The Bertz CT molecular complexity index is 584. The van der Waals surface area contributed by atoms with Gasteiger partial charge >= 0.3 is 0 Å². The van der Waals surface area contributed by atoms with Crippen LogP contribution < -0.4 is 15.4 Å². The standard InChI is InChI=1S/C14H21FN2O3S/c1-21(18,19)9-8-20-14-3-2-11(15)10-13(14)17-6-4-12(16)5-7-17/h2-3,10,12H,4-9,16H2,1H3. The Morgan fingerprint density at radius 3 is 2.67 bits per heavy atom. The molecule has 2 N–H and O–H groups in total. The van der Waals surface area contributed by atoms with Gasteiger partial charge in [-0.2, -0.15) is 0 Å². The molecule has 1 aromatic carbocycles. The highest BCUT2D eigenvalue weighted by molar-refractivity contribution is 7.90. The second kappa shape index (κ2) is 6.62. The summed E-state index contributed by atoms with van der Waals surface area (Å²) in [5.41, 5.74) is 6.53. The summed E-state index contributed by atoms with van der Waals surface area (Å²) in [5.74, 6) is 0.111. The van der Waals surface area contributed by atoms with Crippen LogP contribution in [-0.2, 0) is 9.84 Å². The molecule has 0 radical (unpaired) electrons. The number of benzene rings is 1. The first-order chi connectivity index (χ1) is 9.85. The van der Waals surface area contributed by atoms with Crippen molar-refractivity contribution in [3.05, 3.63) is 24.0 Å². The first-order valence-electron chi connectivity index (χ1n) is 6.96. The third-order valence-corrected chi connectivity index (χ3v) is 4.42. The van der Waals surface area contributed by atoms with E-state index in [4.69, 9.17) is 10.5 Å². The topological polar surface area (TPSA) is 72.6 Å². The molecule has 1 saturated heterocycles. The molecule has 118 valence electrons. The van der Waals surface area contributed by atoms with Crippen LogP contribution in [0.1, 0.15) is 12.8 Å². The third kappa shape index (κ3) is 4.86. The minimum absolute atomic E-state index is 0.0603. The van der Waals surface area contributed by atoms with E-state index in [1.165, 1.54) is 12.1 Å². The molecule has 1 fully saturated rings. The molecular weight excluding hydrogens is 295 g/mol. The minimum Gasteiger partial charge on any atom is -0.490 e. The van der Waals surface area contributed by atoms with Gasteiger partial charge in [-0.3, -0.25) is 0 Å². The number of nitrogens with two attached hydrogens (primary N) is 1. The van der Waals surface area contributed by atoms with E-state index in [0.29, 0.717) is 11.4 Å². The van der Waals surface area contributed by atoms with Crippen molar-refractivity contribution in [3.63, 3.8) is 0 Å². The number of anilines is 1. The fourth-order valence-electron chi connectivity index (χ4n) is 2.30. The van der Waals surface area contributed by atoms with Gasteiger partial charge in [-0.25, -0.2) is 12.8 Å². The second-order valence-corrected chi connectivity index (χ2v) is 7.67. The predicted octanol–water partition coefficient (Wildman–Crippen LogP) is 1.18. The van der Waals surface area contributed by atoms with Crippen LogP contribution in [-0.4, -0.2) is 46.2 Å². The van der Waals surface area contributed by atoms with Crippen LogP contribution in [0.15, 0.2) is 18.2 Å². The maximum Gasteiger partial charge on any atom is 0.150 e. The number of hydrogen-bond donors (Lipinski definition) is 1. The van der Waals surface area contributed by atoms with Crippen molar-refractivity contribution in [2.75, 3.05) is 36.6 Å². The van der Waals surface area contributed by atoms with Crippen LogP contribution in [0.25, 0.3) is 0 Å². The summed E-state index contributed by atoms with van der Waals surface area (Å²) >= 11 is 0. The molecule has 1 heterocycles. The van der Waals surface area contributed by atoms with E-state index in [1.54, 1.807) is 6.07 Å². The van der Waals surface area contributed by atoms with Crippen molar-refractivity contribution in [2.45, 2.75) is 18.9 Å². The Hall–Kier alpha value is -1.34. The molecular formula is C14H21FN2O3S. The Morgan fingerprint density at radius 2 is 2.05 bits per heavy atom. The number of ether oxygens (including phenoxy) is 1. The Balaban J connectivity index is 2.10. The summed E-state index contributed by atoms with van der Waals surface area (Å²) in [4.78, 5) is 2.03. The zero-order chi connectivity index (χ0) is 15.5. The Labute approximate surface area is 124 Å². The molecule has 0 aromatic heterocycles. The van der Waals surface area contributed by atoms with Gasteiger partial charge in [0.05, 0.1) is 11.4 Å². The van der Waals surface area contributed by atoms with Gasteiger partial charge in [0.25, 0.3) is 0 Å². The quantitative estimate of drug-likeness (QED) is 0.883. The maximum absolute atomic E-state index is 13.5. The van der Waals surface area contributed by atoms with Gasteiger partial charge in [0.1, 0.15) is 18.2 Å². The first kappa shape index (κ1) is 16.0. The lowest BCUT2D eigenvalue weighted by molar-refractivity contribution is 0.339. The van der Waals surface area contributed by atoms with E-state index >= 15 is 0 Å². The SMILES string of the molecule is CS(=O)(=O)CCOc1ccc(F)cc1N1CCC(N)CC1. The Kier molecular flexibility index (Phi) is 5.05. The molecule has 0 bridgehead atoms. The van der Waals surface area contributed by atoms with E-state index in [2.05, 4.69) is 0 Å². The molecule has 1 aliphatic heterocycles. The summed E-state index contributed by atoms with van der Waals surface area (Å²) in [6.07, 6.45) is 2.85. The number of rotatable bonds is 5. The Morgan fingerprint density at radius 1 is 1.38 bits per heavy atom. The van der Waals surface area contributed by atoms with Gasteiger partial charge in [-0.1, -0.05) is 0 Å². The summed E-state index contributed by atoms with van der Waals surface area (Å²) < 4.78 is 41.3. The van der Waals surface area contributed by atoms with Gasteiger partial charge < -0.3 is 15.4 Å². The van der Waals surface area contributed by atoms with E-state index in [-0.39, 0.29) is 24.2 Å². The van der Waals surface area contributed by atoms with Crippen molar-refractivity contribution in [1.82, 2.24) is 0 Å². The number of piperidine rings is 1. The molecule has 0 saturated carbocycles. The predicted molar refractivity (Wildman–Crippen MR) is 81.0 cm³/mol. The molecule has 2 rings (SSSR count). The summed E-state index contributed by atoms with van der Waals surface area (Å²) in [6.45, 7) is 1.55. The van der Waals surface area contributed by atoms with Crippen molar-refractivity contribution in [3.8, 4) is 5.75 Å². The normalized spacial score (nSPS) is 17.0. The van der Waals surface area contributed by atoms with E-state index in [1.807, 2.05) is 4.90 Å². The summed E-state index contributed by atoms with van der Waals surface area (Å²) in [5, 5.41) is 0. The van der Waals surface area contributed by atoms with Crippen molar-refractivity contribution in [2.24, 2.45) is 5.73 Å². The largest absolute Gasteiger partial charge is 0.490 e.